The summed E-state index contributed by atoms with van der Waals surface area (Å²) in [6.45, 7) is 1.57. The van der Waals surface area contributed by atoms with E-state index in [1.165, 1.54) is 30.5 Å². The second-order valence-corrected chi connectivity index (χ2v) is 4.00. The van der Waals surface area contributed by atoms with E-state index in [1.807, 2.05) is 0 Å². The second kappa shape index (κ2) is 5.35. The fourth-order valence-corrected chi connectivity index (χ4v) is 1.56. The monoisotopic (exact) mass is 274 g/mol. The standard InChI is InChI=1S/C13H10N2O5/c1-8-7-14-12(6-11(8)15(18)19)20-10-4-2-3-9(5-10)13(16)17/h2-7H,1H3,(H,16,17). The van der Waals surface area contributed by atoms with E-state index in [-0.39, 0.29) is 22.9 Å². The van der Waals surface area contributed by atoms with Crippen LogP contribution in [-0.2, 0) is 0 Å². The van der Waals surface area contributed by atoms with Gasteiger partial charge in [-0.2, -0.15) is 0 Å². The van der Waals surface area contributed by atoms with Crippen LogP contribution >= 0.6 is 0 Å². The van der Waals surface area contributed by atoms with Crippen molar-refractivity contribution in [1.29, 1.82) is 0 Å². The van der Waals surface area contributed by atoms with E-state index in [4.69, 9.17) is 9.84 Å². The Labute approximate surface area is 113 Å². The van der Waals surface area contributed by atoms with E-state index in [2.05, 4.69) is 4.98 Å². The molecule has 7 heteroatoms. The zero-order valence-corrected chi connectivity index (χ0v) is 10.4. The SMILES string of the molecule is Cc1cnc(Oc2cccc(C(=O)O)c2)cc1[N+](=O)[O-]. The number of nitro groups is 1. The molecule has 2 aromatic rings. The minimum atomic E-state index is -1.08. The number of aromatic carboxylic acids is 1. The van der Waals surface area contributed by atoms with Crippen LogP contribution in [0.15, 0.2) is 36.5 Å². The molecule has 0 bridgehead atoms. The van der Waals surface area contributed by atoms with Gasteiger partial charge in [-0.1, -0.05) is 6.07 Å². The number of nitrogens with zero attached hydrogens (tertiary/aromatic N) is 2. The maximum atomic E-state index is 10.8. The van der Waals surface area contributed by atoms with Crippen LogP contribution < -0.4 is 4.74 Å². The average Bonchev–Trinajstić information content (AvgIpc) is 2.41. The van der Waals surface area contributed by atoms with Crippen molar-refractivity contribution in [3.63, 3.8) is 0 Å². The van der Waals surface area contributed by atoms with Crippen LogP contribution in [0.4, 0.5) is 5.69 Å². The molecule has 0 radical (unpaired) electrons. The highest BCUT2D eigenvalue weighted by Crippen LogP contribution is 2.25. The highest BCUT2D eigenvalue weighted by Gasteiger charge is 2.13. The van der Waals surface area contributed by atoms with E-state index >= 15 is 0 Å². The van der Waals surface area contributed by atoms with Crippen molar-refractivity contribution in [3.05, 3.63) is 57.8 Å². The number of ether oxygens (including phenoxy) is 1. The van der Waals surface area contributed by atoms with Crippen LogP contribution in [0.2, 0.25) is 0 Å². The minimum Gasteiger partial charge on any atom is -0.478 e. The number of carboxylic acid groups (broad SMARTS) is 1. The third kappa shape index (κ3) is 2.89. The summed E-state index contributed by atoms with van der Waals surface area (Å²) >= 11 is 0. The molecule has 0 saturated heterocycles. The van der Waals surface area contributed by atoms with Gasteiger partial charge < -0.3 is 9.84 Å². The van der Waals surface area contributed by atoms with Crippen molar-refractivity contribution < 1.29 is 19.6 Å². The Morgan fingerprint density at radius 3 is 2.80 bits per heavy atom. The average molecular weight is 274 g/mol. The number of pyridine rings is 1. The topological polar surface area (TPSA) is 103 Å². The van der Waals surface area contributed by atoms with E-state index < -0.39 is 10.9 Å². The summed E-state index contributed by atoms with van der Waals surface area (Å²) in [4.78, 5) is 25.0. The maximum Gasteiger partial charge on any atom is 0.335 e. The summed E-state index contributed by atoms with van der Waals surface area (Å²) in [5, 5.41) is 19.7. The predicted octanol–water partition coefficient (Wildman–Crippen LogP) is 2.79. The van der Waals surface area contributed by atoms with Gasteiger partial charge in [-0.25, -0.2) is 9.78 Å². The van der Waals surface area contributed by atoms with Crippen LogP contribution in [0.25, 0.3) is 0 Å². The van der Waals surface area contributed by atoms with Crippen molar-refractivity contribution in [3.8, 4) is 11.6 Å². The van der Waals surface area contributed by atoms with E-state index in [0.717, 1.165) is 0 Å². The Morgan fingerprint density at radius 2 is 2.15 bits per heavy atom. The zero-order valence-electron chi connectivity index (χ0n) is 10.4. The van der Waals surface area contributed by atoms with Crippen LogP contribution in [-0.4, -0.2) is 21.0 Å². The van der Waals surface area contributed by atoms with Crippen molar-refractivity contribution in [1.82, 2.24) is 4.98 Å². The van der Waals surface area contributed by atoms with Crippen molar-refractivity contribution in [2.24, 2.45) is 0 Å². The third-order valence-electron chi connectivity index (χ3n) is 2.55. The quantitative estimate of drug-likeness (QED) is 0.679. The van der Waals surface area contributed by atoms with Crippen molar-refractivity contribution >= 4 is 11.7 Å². The molecule has 1 aromatic heterocycles. The molecule has 0 unspecified atom stereocenters. The molecule has 102 valence electrons. The molecule has 1 aromatic carbocycles. The van der Waals surface area contributed by atoms with Gasteiger partial charge in [0.1, 0.15) is 5.75 Å². The fraction of sp³-hybridized carbons (Fsp3) is 0.0769. The van der Waals surface area contributed by atoms with Crippen LogP contribution in [0.5, 0.6) is 11.6 Å². The zero-order chi connectivity index (χ0) is 14.7. The predicted molar refractivity (Wildman–Crippen MR) is 69.1 cm³/mol. The number of aryl methyl sites for hydroxylation is 1. The number of carbonyl (C=O) groups is 1. The van der Waals surface area contributed by atoms with Gasteiger partial charge >= 0.3 is 5.97 Å². The normalized spacial score (nSPS) is 10.1. The number of hydrogen-bond donors (Lipinski definition) is 1. The van der Waals surface area contributed by atoms with Gasteiger partial charge in [-0.05, 0) is 25.1 Å². The molecule has 20 heavy (non-hydrogen) atoms. The first kappa shape index (κ1) is 13.5. The molecule has 1 N–H and O–H groups in total. The lowest BCUT2D eigenvalue weighted by molar-refractivity contribution is -0.385. The van der Waals surface area contributed by atoms with Crippen molar-refractivity contribution in [2.45, 2.75) is 6.92 Å². The molecule has 1 heterocycles. The van der Waals surface area contributed by atoms with E-state index in [9.17, 15) is 14.9 Å². The van der Waals surface area contributed by atoms with E-state index in [1.54, 1.807) is 13.0 Å². The molecule has 0 atom stereocenters. The second-order valence-electron chi connectivity index (χ2n) is 4.00. The summed E-state index contributed by atoms with van der Waals surface area (Å²) in [6.07, 6.45) is 1.33. The van der Waals surface area contributed by atoms with E-state index in [0.29, 0.717) is 5.56 Å². The molecule has 0 fully saturated rings. The molecular formula is C13H10N2O5. The first-order chi connectivity index (χ1) is 9.47. The van der Waals surface area contributed by atoms with Gasteiger partial charge in [0.25, 0.3) is 5.69 Å². The Kier molecular flexibility index (Phi) is 3.60. The number of carboxylic acids is 1. The summed E-state index contributed by atoms with van der Waals surface area (Å²) in [7, 11) is 0. The number of benzene rings is 1. The summed E-state index contributed by atoms with van der Waals surface area (Å²) < 4.78 is 5.34. The lowest BCUT2D eigenvalue weighted by atomic mass is 10.2. The van der Waals surface area contributed by atoms with Gasteiger partial charge in [0.2, 0.25) is 5.88 Å². The molecule has 0 spiro atoms. The molecule has 0 aliphatic rings. The Balaban J connectivity index is 2.30. The lowest BCUT2D eigenvalue weighted by Gasteiger charge is -2.06. The van der Waals surface area contributed by atoms with Gasteiger partial charge in [0.05, 0.1) is 16.6 Å². The fourth-order valence-electron chi connectivity index (χ4n) is 1.56. The number of rotatable bonds is 4. The van der Waals surface area contributed by atoms with Gasteiger partial charge in [-0.15, -0.1) is 0 Å². The number of hydrogen-bond acceptors (Lipinski definition) is 5. The highest BCUT2D eigenvalue weighted by atomic mass is 16.6. The maximum absolute atomic E-state index is 10.8. The Hall–Kier alpha value is -2.96. The van der Waals surface area contributed by atoms with Crippen molar-refractivity contribution in [2.75, 3.05) is 0 Å². The first-order valence-electron chi connectivity index (χ1n) is 5.59. The molecule has 0 aliphatic carbocycles. The van der Waals surface area contributed by atoms with Crippen LogP contribution in [0, 0.1) is 17.0 Å². The molecule has 2 rings (SSSR count). The lowest BCUT2D eigenvalue weighted by Crippen LogP contribution is -1.98. The van der Waals surface area contributed by atoms with Crippen LogP contribution in [0.3, 0.4) is 0 Å². The number of aromatic nitrogens is 1. The van der Waals surface area contributed by atoms with Gasteiger partial charge in [0, 0.05) is 11.8 Å². The summed E-state index contributed by atoms with van der Waals surface area (Å²) in [6, 6.07) is 6.99. The highest BCUT2D eigenvalue weighted by molar-refractivity contribution is 5.88. The van der Waals surface area contributed by atoms with Gasteiger partial charge in [0.15, 0.2) is 0 Å². The Morgan fingerprint density at radius 1 is 1.40 bits per heavy atom. The smallest absolute Gasteiger partial charge is 0.335 e. The summed E-state index contributed by atoms with van der Waals surface area (Å²) in [5.41, 5.74) is 0.370. The largest absolute Gasteiger partial charge is 0.478 e. The summed E-state index contributed by atoms with van der Waals surface area (Å²) in [5.74, 6) is -0.807. The third-order valence-corrected chi connectivity index (χ3v) is 2.55. The first-order valence-corrected chi connectivity index (χ1v) is 5.59. The molecule has 0 saturated carbocycles. The molecule has 7 nitrogen and oxygen atoms in total. The molecular weight excluding hydrogens is 264 g/mol. The molecule has 0 amide bonds. The minimum absolute atomic E-state index is 0.0323. The Bertz CT molecular complexity index is 684. The van der Waals surface area contributed by atoms with Gasteiger partial charge in [-0.3, -0.25) is 10.1 Å². The van der Waals surface area contributed by atoms with Crippen LogP contribution in [0.1, 0.15) is 15.9 Å². The molecule has 0 aliphatic heterocycles.